The fourth-order valence-corrected chi connectivity index (χ4v) is 2.93. The molecule has 2 aromatic rings. The summed E-state index contributed by atoms with van der Waals surface area (Å²) in [5, 5.41) is 13.5. The van der Waals surface area contributed by atoms with E-state index < -0.39 is 0 Å². The first kappa shape index (κ1) is 16.0. The van der Waals surface area contributed by atoms with Crippen molar-refractivity contribution >= 4 is 34.1 Å². The van der Waals surface area contributed by atoms with Crippen LogP contribution in [-0.4, -0.2) is 26.8 Å². The van der Waals surface area contributed by atoms with E-state index in [0.717, 1.165) is 5.69 Å². The Kier molecular flexibility index (Phi) is 5.00. The fourth-order valence-electron chi connectivity index (χ4n) is 1.40. The summed E-state index contributed by atoms with van der Waals surface area (Å²) in [6, 6.07) is 0. The standard InChI is InChI=1S/C13H18N4O2S2/c1-5-10-16-17-12(19-10)21-7-9(18)15-11-14-8(6-20-11)13(2,3)4/h6H,5,7H2,1-4H3,(H,14,15,18). The van der Waals surface area contributed by atoms with Gasteiger partial charge in [0.15, 0.2) is 5.13 Å². The van der Waals surface area contributed by atoms with Gasteiger partial charge in [-0.05, 0) is 0 Å². The van der Waals surface area contributed by atoms with E-state index in [1.807, 2.05) is 12.3 Å². The van der Waals surface area contributed by atoms with Crippen LogP contribution in [0.25, 0.3) is 0 Å². The number of carbonyl (C=O) groups excluding carboxylic acids is 1. The molecule has 0 spiro atoms. The molecule has 2 heterocycles. The molecule has 0 saturated heterocycles. The minimum Gasteiger partial charge on any atom is -0.416 e. The summed E-state index contributed by atoms with van der Waals surface area (Å²) in [5.74, 6) is 0.661. The fraction of sp³-hybridized carbons (Fsp3) is 0.538. The van der Waals surface area contributed by atoms with Gasteiger partial charge in [0.1, 0.15) is 0 Å². The van der Waals surface area contributed by atoms with Crippen LogP contribution >= 0.6 is 23.1 Å². The lowest BCUT2D eigenvalue weighted by atomic mass is 9.93. The summed E-state index contributed by atoms with van der Waals surface area (Å²) in [4.78, 5) is 16.3. The summed E-state index contributed by atoms with van der Waals surface area (Å²) >= 11 is 2.65. The van der Waals surface area contributed by atoms with E-state index in [2.05, 4.69) is 41.3 Å². The second-order valence-electron chi connectivity index (χ2n) is 5.44. The Balaban J connectivity index is 1.85. The zero-order chi connectivity index (χ0) is 15.5. The third-order valence-electron chi connectivity index (χ3n) is 2.60. The molecule has 0 aliphatic heterocycles. The van der Waals surface area contributed by atoms with Crippen LogP contribution < -0.4 is 5.32 Å². The predicted molar refractivity (Wildman–Crippen MR) is 83.8 cm³/mol. The van der Waals surface area contributed by atoms with Gasteiger partial charge in [-0.2, -0.15) is 0 Å². The van der Waals surface area contributed by atoms with Gasteiger partial charge in [0.2, 0.25) is 11.8 Å². The molecule has 0 saturated carbocycles. The maximum atomic E-state index is 11.9. The van der Waals surface area contributed by atoms with Gasteiger partial charge in [-0.15, -0.1) is 21.5 Å². The lowest BCUT2D eigenvalue weighted by Crippen LogP contribution is -2.15. The van der Waals surface area contributed by atoms with Gasteiger partial charge in [0.05, 0.1) is 11.4 Å². The summed E-state index contributed by atoms with van der Waals surface area (Å²) in [6.07, 6.45) is 0.689. The quantitative estimate of drug-likeness (QED) is 0.850. The maximum absolute atomic E-state index is 11.9. The summed E-state index contributed by atoms with van der Waals surface area (Å²) < 4.78 is 5.33. The highest BCUT2D eigenvalue weighted by Gasteiger charge is 2.18. The average Bonchev–Trinajstić information content (AvgIpc) is 3.04. The van der Waals surface area contributed by atoms with Crippen molar-refractivity contribution in [2.24, 2.45) is 0 Å². The van der Waals surface area contributed by atoms with Gasteiger partial charge in [-0.1, -0.05) is 39.5 Å². The van der Waals surface area contributed by atoms with Gasteiger partial charge >= 0.3 is 0 Å². The van der Waals surface area contributed by atoms with Crippen LogP contribution in [0.1, 0.15) is 39.3 Å². The molecule has 114 valence electrons. The van der Waals surface area contributed by atoms with Crippen LogP contribution in [0.5, 0.6) is 0 Å². The molecule has 8 heteroatoms. The first-order valence-electron chi connectivity index (χ1n) is 6.59. The second kappa shape index (κ2) is 6.57. The zero-order valence-electron chi connectivity index (χ0n) is 12.5. The Morgan fingerprint density at radius 3 is 2.76 bits per heavy atom. The first-order valence-corrected chi connectivity index (χ1v) is 8.46. The number of nitrogens with zero attached hydrogens (tertiary/aromatic N) is 3. The number of aromatic nitrogens is 3. The highest BCUT2D eigenvalue weighted by atomic mass is 32.2. The third kappa shape index (κ3) is 4.53. The van der Waals surface area contributed by atoms with E-state index in [-0.39, 0.29) is 17.1 Å². The molecule has 0 aliphatic carbocycles. The van der Waals surface area contributed by atoms with E-state index in [4.69, 9.17) is 4.42 Å². The average molecular weight is 326 g/mol. The SMILES string of the molecule is CCc1nnc(SCC(=O)Nc2nc(C(C)(C)C)cs2)o1. The zero-order valence-corrected chi connectivity index (χ0v) is 14.1. The number of carbonyl (C=O) groups is 1. The second-order valence-corrected chi connectivity index (χ2v) is 7.22. The van der Waals surface area contributed by atoms with Crippen LogP contribution in [0.2, 0.25) is 0 Å². The molecular weight excluding hydrogens is 308 g/mol. The minimum atomic E-state index is -0.133. The Hall–Kier alpha value is -1.41. The molecule has 0 radical (unpaired) electrons. The molecule has 0 fully saturated rings. The molecule has 21 heavy (non-hydrogen) atoms. The Morgan fingerprint density at radius 1 is 1.43 bits per heavy atom. The lowest BCUT2D eigenvalue weighted by molar-refractivity contribution is -0.113. The van der Waals surface area contributed by atoms with Crippen molar-refractivity contribution in [2.75, 3.05) is 11.1 Å². The van der Waals surface area contributed by atoms with Crippen molar-refractivity contribution in [2.45, 2.75) is 44.8 Å². The Bertz CT molecular complexity index is 616. The normalized spacial score (nSPS) is 11.6. The minimum absolute atomic E-state index is 0.0193. The number of anilines is 1. The van der Waals surface area contributed by atoms with Crippen LogP contribution in [0.4, 0.5) is 5.13 Å². The van der Waals surface area contributed by atoms with E-state index in [9.17, 15) is 4.79 Å². The lowest BCUT2D eigenvalue weighted by Gasteiger charge is -2.14. The van der Waals surface area contributed by atoms with Crippen molar-refractivity contribution in [1.82, 2.24) is 15.2 Å². The molecular formula is C13H18N4O2S2. The van der Waals surface area contributed by atoms with Gasteiger partial charge in [-0.3, -0.25) is 4.79 Å². The molecule has 2 aromatic heterocycles. The van der Waals surface area contributed by atoms with Gasteiger partial charge < -0.3 is 9.73 Å². The highest BCUT2D eigenvalue weighted by Crippen LogP contribution is 2.26. The first-order chi connectivity index (χ1) is 9.88. The van der Waals surface area contributed by atoms with E-state index in [1.165, 1.54) is 23.1 Å². The van der Waals surface area contributed by atoms with Crippen molar-refractivity contribution in [1.29, 1.82) is 0 Å². The molecule has 0 bridgehead atoms. The molecule has 6 nitrogen and oxygen atoms in total. The number of nitrogens with one attached hydrogen (secondary N) is 1. The van der Waals surface area contributed by atoms with Crippen LogP contribution in [0.15, 0.2) is 15.0 Å². The largest absolute Gasteiger partial charge is 0.416 e. The Morgan fingerprint density at radius 2 is 2.19 bits per heavy atom. The molecule has 0 unspecified atom stereocenters. The molecule has 0 atom stereocenters. The molecule has 0 aromatic carbocycles. The monoisotopic (exact) mass is 326 g/mol. The van der Waals surface area contributed by atoms with Crippen molar-refractivity contribution in [3.05, 3.63) is 17.0 Å². The maximum Gasteiger partial charge on any atom is 0.277 e. The molecule has 1 amide bonds. The number of thiazole rings is 1. The van der Waals surface area contributed by atoms with Gasteiger partial charge in [0, 0.05) is 17.2 Å². The van der Waals surface area contributed by atoms with Crippen LogP contribution in [0, 0.1) is 0 Å². The van der Waals surface area contributed by atoms with Crippen molar-refractivity contribution < 1.29 is 9.21 Å². The highest BCUT2D eigenvalue weighted by molar-refractivity contribution is 7.99. The number of hydrogen-bond donors (Lipinski definition) is 1. The van der Waals surface area contributed by atoms with Gasteiger partial charge in [0.25, 0.3) is 5.22 Å². The summed E-state index contributed by atoms with van der Waals surface area (Å²) in [7, 11) is 0. The van der Waals surface area contributed by atoms with Crippen LogP contribution in [-0.2, 0) is 16.6 Å². The topological polar surface area (TPSA) is 80.9 Å². The summed E-state index contributed by atoms with van der Waals surface area (Å²) in [6.45, 7) is 8.20. The van der Waals surface area contributed by atoms with Crippen molar-refractivity contribution in [3.8, 4) is 0 Å². The Labute approximate surface area is 131 Å². The number of rotatable bonds is 5. The molecule has 1 N–H and O–H groups in total. The third-order valence-corrected chi connectivity index (χ3v) is 4.17. The number of thioether (sulfide) groups is 1. The van der Waals surface area contributed by atoms with E-state index >= 15 is 0 Å². The number of aryl methyl sites for hydroxylation is 1. The summed E-state index contributed by atoms with van der Waals surface area (Å²) in [5.41, 5.74) is 0.953. The van der Waals surface area contributed by atoms with E-state index in [0.29, 0.717) is 22.7 Å². The van der Waals surface area contributed by atoms with E-state index in [1.54, 1.807) is 0 Å². The van der Waals surface area contributed by atoms with Crippen molar-refractivity contribution in [3.63, 3.8) is 0 Å². The van der Waals surface area contributed by atoms with Gasteiger partial charge in [-0.25, -0.2) is 4.98 Å². The molecule has 2 rings (SSSR count). The number of amides is 1. The van der Waals surface area contributed by atoms with Crippen LogP contribution in [0.3, 0.4) is 0 Å². The smallest absolute Gasteiger partial charge is 0.277 e. The number of hydrogen-bond acceptors (Lipinski definition) is 7. The molecule has 0 aliphatic rings. The predicted octanol–water partition coefficient (Wildman–Crippen LogP) is 3.12.